The molecule has 6 nitrogen and oxygen atoms in total. The molecule has 0 saturated heterocycles. The Kier molecular flexibility index (Phi) is 5.74. The van der Waals surface area contributed by atoms with Crippen LogP contribution in [0.2, 0.25) is 0 Å². The number of ether oxygens (including phenoxy) is 2. The molecule has 0 aliphatic rings. The van der Waals surface area contributed by atoms with Gasteiger partial charge in [0.2, 0.25) is 5.95 Å². The van der Waals surface area contributed by atoms with Crippen molar-refractivity contribution in [3.05, 3.63) is 22.6 Å². The van der Waals surface area contributed by atoms with Gasteiger partial charge >= 0.3 is 12.2 Å². The van der Waals surface area contributed by atoms with Gasteiger partial charge in [-0.05, 0) is 69.6 Å². The highest BCUT2D eigenvalue weighted by molar-refractivity contribution is 9.10. The van der Waals surface area contributed by atoms with E-state index in [0.717, 1.165) is 0 Å². The fraction of sp³-hybridized carbons (Fsp3) is 0.533. The average Bonchev–Trinajstić information content (AvgIpc) is 2.29. The van der Waals surface area contributed by atoms with Gasteiger partial charge in [0, 0.05) is 0 Å². The van der Waals surface area contributed by atoms with Crippen LogP contribution in [0.5, 0.6) is 0 Å². The number of pyridine rings is 1. The van der Waals surface area contributed by atoms with E-state index >= 15 is 0 Å². The first-order chi connectivity index (χ1) is 10.3. The molecule has 0 aliphatic heterocycles. The molecule has 128 valence electrons. The summed E-state index contributed by atoms with van der Waals surface area (Å²) in [7, 11) is 0. The van der Waals surface area contributed by atoms with E-state index in [1.807, 2.05) is 0 Å². The summed E-state index contributed by atoms with van der Waals surface area (Å²) in [5.74, 6) is -1.09. The lowest BCUT2D eigenvalue weighted by Crippen LogP contribution is -2.44. The van der Waals surface area contributed by atoms with Gasteiger partial charge in [0.15, 0.2) is 5.82 Å². The molecule has 0 atom stereocenters. The number of halogens is 2. The highest BCUT2D eigenvalue weighted by Crippen LogP contribution is 2.23. The van der Waals surface area contributed by atoms with Gasteiger partial charge in [-0.2, -0.15) is 9.29 Å². The van der Waals surface area contributed by atoms with Crippen molar-refractivity contribution in [2.75, 3.05) is 4.90 Å². The maximum absolute atomic E-state index is 13.7. The van der Waals surface area contributed by atoms with Crippen LogP contribution in [0.1, 0.15) is 41.5 Å². The zero-order valence-electron chi connectivity index (χ0n) is 13.9. The monoisotopic (exact) mass is 390 g/mol. The second kappa shape index (κ2) is 6.82. The zero-order valence-corrected chi connectivity index (χ0v) is 15.5. The largest absolute Gasteiger partial charge is 0.443 e. The summed E-state index contributed by atoms with van der Waals surface area (Å²) in [6, 6.07) is 2.64. The Morgan fingerprint density at radius 3 is 1.83 bits per heavy atom. The molecule has 0 aliphatic carbocycles. The van der Waals surface area contributed by atoms with Crippen LogP contribution in [0.25, 0.3) is 0 Å². The van der Waals surface area contributed by atoms with Gasteiger partial charge < -0.3 is 9.47 Å². The average molecular weight is 391 g/mol. The van der Waals surface area contributed by atoms with Gasteiger partial charge in [-0.25, -0.2) is 14.6 Å². The Hall–Kier alpha value is -1.70. The molecule has 1 heterocycles. The van der Waals surface area contributed by atoms with Crippen LogP contribution in [-0.4, -0.2) is 28.4 Å². The predicted molar refractivity (Wildman–Crippen MR) is 86.8 cm³/mol. The molecule has 0 aromatic carbocycles. The topological polar surface area (TPSA) is 68.7 Å². The molecular weight excluding hydrogens is 371 g/mol. The van der Waals surface area contributed by atoms with E-state index in [1.165, 1.54) is 12.1 Å². The standard InChI is InChI=1S/C15H20BrFN2O4/c1-14(2,3)22-12(20)19(13(21)23-15(4,5)6)10-8-7-9(16)11(17)18-10/h7-8H,1-6H3. The summed E-state index contributed by atoms with van der Waals surface area (Å²) in [6.07, 6.45) is -2.00. The smallest absolute Gasteiger partial charge is 0.425 e. The van der Waals surface area contributed by atoms with Crippen molar-refractivity contribution in [1.29, 1.82) is 0 Å². The third kappa shape index (κ3) is 6.13. The fourth-order valence-corrected chi connectivity index (χ4v) is 1.63. The number of imide groups is 1. The normalized spacial score (nSPS) is 11.8. The van der Waals surface area contributed by atoms with E-state index < -0.39 is 29.3 Å². The third-order valence-electron chi connectivity index (χ3n) is 2.17. The Labute approximate surface area is 143 Å². The van der Waals surface area contributed by atoms with Crippen LogP contribution < -0.4 is 4.90 Å². The van der Waals surface area contributed by atoms with Crippen LogP contribution >= 0.6 is 15.9 Å². The molecule has 0 fully saturated rings. The van der Waals surface area contributed by atoms with Gasteiger partial charge in [-0.3, -0.25) is 0 Å². The summed E-state index contributed by atoms with van der Waals surface area (Å²) in [5.41, 5.74) is -1.68. The van der Waals surface area contributed by atoms with Crippen molar-refractivity contribution < 1.29 is 23.5 Å². The SMILES string of the molecule is CC(C)(C)OC(=O)N(C(=O)OC(C)(C)C)c1ccc(Br)c(F)n1. The summed E-state index contributed by atoms with van der Waals surface area (Å²) in [5, 5.41) is 0. The van der Waals surface area contributed by atoms with Crippen LogP contribution in [-0.2, 0) is 9.47 Å². The van der Waals surface area contributed by atoms with E-state index in [1.54, 1.807) is 41.5 Å². The fourth-order valence-electron chi connectivity index (χ4n) is 1.41. The van der Waals surface area contributed by atoms with E-state index in [9.17, 15) is 14.0 Å². The molecule has 23 heavy (non-hydrogen) atoms. The molecule has 0 saturated carbocycles. The number of nitrogens with zero attached hydrogens (tertiary/aromatic N) is 2. The van der Waals surface area contributed by atoms with Gasteiger partial charge in [-0.1, -0.05) is 0 Å². The van der Waals surface area contributed by atoms with E-state index in [-0.39, 0.29) is 10.3 Å². The Morgan fingerprint density at radius 1 is 1.04 bits per heavy atom. The molecule has 0 N–H and O–H groups in total. The van der Waals surface area contributed by atoms with Crippen molar-refractivity contribution in [3.63, 3.8) is 0 Å². The molecular formula is C15H20BrFN2O4. The number of hydrogen-bond donors (Lipinski definition) is 0. The van der Waals surface area contributed by atoms with Crippen LogP contribution in [0.3, 0.4) is 0 Å². The minimum absolute atomic E-state index is 0.106. The lowest BCUT2D eigenvalue weighted by atomic mass is 10.2. The summed E-state index contributed by atoms with van der Waals surface area (Å²) in [4.78, 5) is 28.8. The minimum atomic E-state index is -0.999. The second-order valence-electron chi connectivity index (χ2n) is 6.74. The molecule has 0 radical (unpaired) electrons. The van der Waals surface area contributed by atoms with Crippen molar-refractivity contribution in [2.45, 2.75) is 52.7 Å². The van der Waals surface area contributed by atoms with Crippen molar-refractivity contribution >= 4 is 33.9 Å². The van der Waals surface area contributed by atoms with Gasteiger partial charge in [0.1, 0.15) is 11.2 Å². The number of hydrogen-bond acceptors (Lipinski definition) is 5. The Morgan fingerprint density at radius 2 is 1.48 bits per heavy atom. The first-order valence-electron chi connectivity index (χ1n) is 6.88. The molecule has 1 aromatic rings. The number of anilines is 1. The number of amides is 2. The van der Waals surface area contributed by atoms with Crippen molar-refractivity contribution in [2.24, 2.45) is 0 Å². The van der Waals surface area contributed by atoms with Crippen molar-refractivity contribution in [3.8, 4) is 0 Å². The van der Waals surface area contributed by atoms with Crippen LogP contribution in [0, 0.1) is 5.95 Å². The number of carbonyl (C=O) groups is 2. The third-order valence-corrected chi connectivity index (χ3v) is 2.76. The summed E-state index contributed by atoms with van der Waals surface area (Å²) < 4.78 is 24.1. The number of rotatable bonds is 1. The lowest BCUT2D eigenvalue weighted by Gasteiger charge is -2.28. The Balaban J connectivity index is 3.22. The maximum Gasteiger partial charge on any atom is 0.425 e. The minimum Gasteiger partial charge on any atom is -0.443 e. The Bertz CT molecular complexity index is 580. The second-order valence-corrected chi connectivity index (χ2v) is 7.59. The molecule has 0 bridgehead atoms. The molecule has 0 unspecified atom stereocenters. The van der Waals surface area contributed by atoms with Crippen LogP contribution in [0.15, 0.2) is 16.6 Å². The zero-order chi connectivity index (χ0) is 18.0. The summed E-state index contributed by atoms with van der Waals surface area (Å²) in [6.45, 7) is 9.88. The molecule has 0 spiro atoms. The van der Waals surface area contributed by atoms with E-state index in [2.05, 4.69) is 20.9 Å². The van der Waals surface area contributed by atoms with Crippen molar-refractivity contribution in [1.82, 2.24) is 4.98 Å². The van der Waals surface area contributed by atoms with E-state index in [4.69, 9.17) is 9.47 Å². The van der Waals surface area contributed by atoms with E-state index in [0.29, 0.717) is 4.90 Å². The molecule has 2 amide bonds. The maximum atomic E-state index is 13.7. The molecule has 1 rings (SSSR count). The van der Waals surface area contributed by atoms with Gasteiger partial charge in [0.05, 0.1) is 4.47 Å². The summed E-state index contributed by atoms with van der Waals surface area (Å²) >= 11 is 2.96. The lowest BCUT2D eigenvalue weighted by molar-refractivity contribution is 0.0429. The van der Waals surface area contributed by atoms with Gasteiger partial charge in [0.25, 0.3) is 0 Å². The first kappa shape index (κ1) is 19.3. The number of aromatic nitrogens is 1. The molecule has 1 aromatic heterocycles. The van der Waals surface area contributed by atoms with Crippen LogP contribution in [0.4, 0.5) is 19.8 Å². The van der Waals surface area contributed by atoms with Gasteiger partial charge in [-0.15, -0.1) is 0 Å². The highest BCUT2D eigenvalue weighted by Gasteiger charge is 2.33. The predicted octanol–water partition coefficient (Wildman–Crippen LogP) is 4.66. The first-order valence-corrected chi connectivity index (χ1v) is 7.67. The highest BCUT2D eigenvalue weighted by atomic mass is 79.9. The quantitative estimate of drug-likeness (QED) is 0.652. The number of carbonyl (C=O) groups excluding carboxylic acids is 2. The molecule has 8 heteroatoms.